The van der Waals surface area contributed by atoms with E-state index in [1.165, 1.54) is 12.8 Å². The lowest BCUT2D eigenvalue weighted by molar-refractivity contribution is 0.133. The lowest BCUT2D eigenvalue weighted by atomic mass is 10.00. The molecule has 12 heavy (non-hydrogen) atoms. The standard InChI is InChI=1S/C9H16N2O/c10-5-7-11-6-2-1-3-9(11)4-8-12/h9,12H,1-4,6-8H2. The zero-order valence-corrected chi connectivity index (χ0v) is 7.37. The van der Waals surface area contributed by atoms with Gasteiger partial charge in [-0.15, -0.1) is 0 Å². The van der Waals surface area contributed by atoms with E-state index in [4.69, 9.17) is 10.4 Å². The number of nitriles is 1. The SMILES string of the molecule is N#CCN1CCCCC1CCO. The van der Waals surface area contributed by atoms with E-state index in [0.29, 0.717) is 12.6 Å². The number of nitrogens with zero attached hydrogens (tertiary/aromatic N) is 2. The fourth-order valence-electron chi connectivity index (χ4n) is 1.83. The summed E-state index contributed by atoms with van der Waals surface area (Å²) in [6.07, 6.45) is 4.40. The van der Waals surface area contributed by atoms with Gasteiger partial charge >= 0.3 is 0 Å². The van der Waals surface area contributed by atoms with Gasteiger partial charge in [0.15, 0.2) is 0 Å². The molecule has 1 heterocycles. The van der Waals surface area contributed by atoms with Gasteiger partial charge in [0.2, 0.25) is 0 Å². The van der Waals surface area contributed by atoms with E-state index in [9.17, 15) is 0 Å². The first-order valence-electron chi connectivity index (χ1n) is 4.60. The van der Waals surface area contributed by atoms with Crippen molar-refractivity contribution in [1.29, 1.82) is 5.26 Å². The van der Waals surface area contributed by atoms with Crippen LogP contribution in [0, 0.1) is 11.3 Å². The molecule has 0 aromatic heterocycles. The fraction of sp³-hybridized carbons (Fsp3) is 0.889. The number of likely N-dealkylation sites (tertiary alicyclic amines) is 1. The van der Waals surface area contributed by atoms with Gasteiger partial charge in [0.05, 0.1) is 12.6 Å². The summed E-state index contributed by atoms with van der Waals surface area (Å²) in [5.74, 6) is 0. The molecule has 1 fully saturated rings. The molecule has 0 amide bonds. The number of hydrogen-bond donors (Lipinski definition) is 1. The van der Waals surface area contributed by atoms with E-state index in [-0.39, 0.29) is 6.61 Å². The predicted octanol–water partition coefficient (Wildman–Crippen LogP) is 0.747. The second-order valence-electron chi connectivity index (χ2n) is 3.29. The first-order valence-corrected chi connectivity index (χ1v) is 4.60. The van der Waals surface area contributed by atoms with Crippen LogP contribution in [0.4, 0.5) is 0 Å². The van der Waals surface area contributed by atoms with Crippen molar-refractivity contribution in [2.75, 3.05) is 19.7 Å². The Bertz CT molecular complexity index is 162. The molecule has 0 aromatic rings. The highest BCUT2D eigenvalue weighted by atomic mass is 16.3. The van der Waals surface area contributed by atoms with Crippen molar-refractivity contribution < 1.29 is 5.11 Å². The van der Waals surface area contributed by atoms with Crippen molar-refractivity contribution in [1.82, 2.24) is 4.90 Å². The van der Waals surface area contributed by atoms with Crippen molar-refractivity contribution in [3.05, 3.63) is 0 Å². The Balaban J connectivity index is 2.38. The van der Waals surface area contributed by atoms with Crippen LogP contribution in [0.1, 0.15) is 25.7 Å². The molecule has 1 saturated heterocycles. The van der Waals surface area contributed by atoms with Gasteiger partial charge in [0, 0.05) is 12.6 Å². The molecule has 68 valence electrons. The average Bonchev–Trinajstić information content (AvgIpc) is 2.09. The third-order valence-electron chi connectivity index (χ3n) is 2.49. The summed E-state index contributed by atoms with van der Waals surface area (Å²) >= 11 is 0. The van der Waals surface area contributed by atoms with Crippen molar-refractivity contribution in [2.24, 2.45) is 0 Å². The zero-order valence-electron chi connectivity index (χ0n) is 7.37. The molecule has 1 unspecified atom stereocenters. The van der Waals surface area contributed by atoms with Gasteiger partial charge in [0.1, 0.15) is 0 Å². The van der Waals surface area contributed by atoms with E-state index < -0.39 is 0 Å². The number of hydrogen-bond acceptors (Lipinski definition) is 3. The van der Waals surface area contributed by atoms with Crippen LogP contribution in [0.3, 0.4) is 0 Å². The van der Waals surface area contributed by atoms with Gasteiger partial charge < -0.3 is 5.11 Å². The molecule has 0 radical (unpaired) electrons. The number of piperidine rings is 1. The molecule has 0 bridgehead atoms. The Morgan fingerprint density at radius 3 is 3.00 bits per heavy atom. The third kappa shape index (κ3) is 2.47. The molecule has 1 aliphatic heterocycles. The average molecular weight is 168 g/mol. The maximum absolute atomic E-state index is 8.79. The molecule has 0 saturated carbocycles. The molecule has 3 heteroatoms. The second kappa shape index (κ2) is 5.13. The molecule has 1 rings (SSSR count). The first-order chi connectivity index (χ1) is 5.88. The maximum Gasteiger partial charge on any atom is 0.0868 e. The summed E-state index contributed by atoms with van der Waals surface area (Å²) < 4.78 is 0. The lowest BCUT2D eigenvalue weighted by Gasteiger charge is -2.33. The molecule has 1 atom stereocenters. The van der Waals surface area contributed by atoms with Crippen LogP contribution >= 0.6 is 0 Å². The summed E-state index contributed by atoms with van der Waals surface area (Å²) in [5.41, 5.74) is 0. The largest absolute Gasteiger partial charge is 0.396 e. The Morgan fingerprint density at radius 2 is 2.33 bits per heavy atom. The van der Waals surface area contributed by atoms with Crippen LogP contribution in [-0.2, 0) is 0 Å². The summed E-state index contributed by atoms with van der Waals surface area (Å²) in [5, 5.41) is 17.3. The van der Waals surface area contributed by atoms with E-state index in [1.807, 2.05) is 0 Å². The van der Waals surface area contributed by atoms with Gasteiger partial charge in [-0.2, -0.15) is 5.26 Å². The fourth-order valence-corrected chi connectivity index (χ4v) is 1.83. The quantitative estimate of drug-likeness (QED) is 0.632. The minimum absolute atomic E-state index is 0.243. The van der Waals surface area contributed by atoms with Gasteiger partial charge in [-0.1, -0.05) is 6.42 Å². The zero-order chi connectivity index (χ0) is 8.81. The number of aliphatic hydroxyl groups is 1. The minimum Gasteiger partial charge on any atom is -0.396 e. The molecule has 0 aromatic carbocycles. The highest BCUT2D eigenvalue weighted by Gasteiger charge is 2.20. The Hall–Kier alpha value is -0.590. The lowest BCUT2D eigenvalue weighted by Crippen LogP contribution is -2.40. The van der Waals surface area contributed by atoms with Gasteiger partial charge in [-0.3, -0.25) is 4.90 Å². The minimum atomic E-state index is 0.243. The summed E-state index contributed by atoms with van der Waals surface area (Å²) in [6.45, 7) is 1.79. The van der Waals surface area contributed by atoms with Crippen LogP contribution in [0.5, 0.6) is 0 Å². The molecule has 1 N–H and O–H groups in total. The normalized spacial score (nSPS) is 25.2. The second-order valence-corrected chi connectivity index (χ2v) is 3.29. The van der Waals surface area contributed by atoms with E-state index in [0.717, 1.165) is 19.4 Å². The summed E-state index contributed by atoms with van der Waals surface area (Å²) in [4.78, 5) is 2.18. The molecular weight excluding hydrogens is 152 g/mol. The molecular formula is C9H16N2O. The smallest absolute Gasteiger partial charge is 0.0868 e. The van der Waals surface area contributed by atoms with Crippen molar-refractivity contribution >= 4 is 0 Å². The Morgan fingerprint density at radius 1 is 1.50 bits per heavy atom. The van der Waals surface area contributed by atoms with E-state index in [2.05, 4.69) is 11.0 Å². The molecule has 0 spiro atoms. The van der Waals surface area contributed by atoms with Crippen molar-refractivity contribution in [2.45, 2.75) is 31.7 Å². The van der Waals surface area contributed by atoms with Gasteiger partial charge in [0.25, 0.3) is 0 Å². The Kier molecular flexibility index (Phi) is 4.06. The van der Waals surface area contributed by atoms with Gasteiger partial charge in [-0.05, 0) is 25.8 Å². The Labute approximate surface area is 73.6 Å². The topological polar surface area (TPSA) is 47.3 Å². The predicted molar refractivity (Wildman–Crippen MR) is 46.5 cm³/mol. The van der Waals surface area contributed by atoms with Crippen molar-refractivity contribution in [3.63, 3.8) is 0 Å². The first kappa shape index (κ1) is 9.50. The maximum atomic E-state index is 8.79. The summed E-state index contributed by atoms with van der Waals surface area (Å²) in [7, 11) is 0. The molecule has 3 nitrogen and oxygen atoms in total. The van der Waals surface area contributed by atoms with Crippen LogP contribution in [-0.4, -0.2) is 35.7 Å². The van der Waals surface area contributed by atoms with Crippen molar-refractivity contribution in [3.8, 4) is 6.07 Å². The van der Waals surface area contributed by atoms with Crippen LogP contribution in [0.15, 0.2) is 0 Å². The van der Waals surface area contributed by atoms with Crippen LogP contribution in [0.25, 0.3) is 0 Å². The van der Waals surface area contributed by atoms with E-state index in [1.54, 1.807) is 0 Å². The summed E-state index contributed by atoms with van der Waals surface area (Å²) in [6, 6.07) is 2.62. The number of aliphatic hydroxyl groups excluding tert-OH is 1. The molecule has 0 aliphatic carbocycles. The van der Waals surface area contributed by atoms with Crippen LogP contribution < -0.4 is 0 Å². The van der Waals surface area contributed by atoms with E-state index >= 15 is 0 Å². The highest BCUT2D eigenvalue weighted by molar-refractivity contribution is 4.84. The third-order valence-corrected chi connectivity index (χ3v) is 2.49. The number of rotatable bonds is 3. The van der Waals surface area contributed by atoms with Gasteiger partial charge in [-0.25, -0.2) is 0 Å². The van der Waals surface area contributed by atoms with Crippen LogP contribution in [0.2, 0.25) is 0 Å². The molecule has 1 aliphatic rings. The highest BCUT2D eigenvalue weighted by Crippen LogP contribution is 2.18. The monoisotopic (exact) mass is 168 g/mol.